The van der Waals surface area contributed by atoms with Gasteiger partial charge in [-0.05, 0) is 264 Å². The van der Waals surface area contributed by atoms with Crippen LogP contribution in [0.25, 0.3) is 43.1 Å². The molecule has 0 N–H and O–H groups in total. The average Bonchev–Trinajstić information content (AvgIpc) is 0.668. The zero-order chi connectivity index (χ0) is 94.2. The maximum atomic E-state index is 16.6. The summed E-state index contributed by atoms with van der Waals surface area (Å²) >= 11 is 0. The number of hydrogen-bond acceptors (Lipinski definition) is 22. The molecule has 0 bridgehead atoms. The van der Waals surface area contributed by atoms with Crippen molar-refractivity contribution in [1.82, 2.24) is 9.80 Å². The van der Waals surface area contributed by atoms with Crippen molar-refractivity contribution in [3.05, 3.63) is 253 Å². The Morgan fingerprint density at radius 3 is 0.724 bits per heavy atom. The number of nitrogens with zero attached hydrogens (tertiary/aromatic N) is 4. The summed E-state index contributed by atoms with van der Waals surface area (Å²) in [6, 6.07) is 47.8. The van der Waals surface area contributed by atoms with E-state index in [4.69, 9.17) is 56.8 Å². The number of imide groups is 2. The number of carbonyl (C=O) groups is 10. The van der Waals surface area contributed by atoms with Crippen LogP contribution in [0.2, 0.25) is 0 Å². The number of fused-ring (bicyclic) bond motifs is 2. The molecular formula is C108H104N4O22. The number of hydrogen-bond donors (Lipinski definition) is 0. The molecule has 10 atom stereocenters. The van der Waals surface area contributed by atoms with E-state index in [2.05, 4.69) is 26.3 Å². The van der Waals surface area contributed by atoms with Gasteiger partial charge < -0.3 is 66.6 Å². The third-order valence-electron chi connectivity index (χ3n) is 25.6. The fourth-order valence-corrected chi connectivity index (χ4v) is 18.8. The Hall–Kier alpha value is -14.8. The number of anilines is 2. The molecule has 0 spiro atoms. The monoisotopic (exact) mass is 1810 g/mol. The van der Waals surface area contributed by atoms with Gasteiger partial charge in [0, 0.05) is 117 Å². The molecule has 688 valence electrons. The van der Waals surface area contributed by atoms with E-state index in [0.29, 0.717) is 137 Å². The standard InChI is InChI=1S/C108H104N4O22/c1-59(2)105(119)131-79-31-19-27-75(51-79)123-67-35-43-71(44-36-67)127-87-55-83-91-84(102(116)111(101(83)115)63(9)99(113)109(11)65-23-15-13-16-24-65)57-89(129-73-47-39-69(40-48-73)125-77-29-21-33-81(53-77)133-107(121)61(5)6)95-96-90(130-74-49-41-70(42-50-74)126-78-30-22-34-82(54-78)134-108(122)62(7)8)58-86-92-85(103(117)112(104(86)118)64(10)100(114)110(12)66-25-17-14-18-26-66)56-88(94(98(92)96)93(87)97(91)95)128-72-45-37-68(38-46-72)124-76-28-20-32-80(52-76)132-106(120)60(3)4/h13-18,23-26,35-50,55-58,63-64,75-82H,1,3,5,7,19-22,27-34,51-54H2,2,4,6,8-12H3. The van der Waals surface area contributed by atoms with E-state index in [1.54, 1.807) is 200 Å². The molecule has 0 saturated heterocycles. The molecular weight excluding hydrogens is 1710 g/mol. The van der Waals surface area contributed by atoms with Gasteiger partial charge in [-0.1, -0.05) is 62.7 Å². The van der Waals surface area contributed by atoms with Crippen molar-refractivity contribution in [1.29, 1.82) is 0 Å². The lowest BCUT2D eigenvalue weighted by atomic mass is 9.80. The molecule has 11 aromatic carbocycles. The van der Waals surface area contributed by atoms with Crippen LogP contribution >= 0.6 is 0 Å². The maximum Gasteiger partial charge on any atom is 0.333 e. The predicted molar refractivity (Wildman–Crippen MR) is 504 cm³/mol. The summed E-state index contributed by atoms with van der Waals surface area (Å²) in [6.45, 7) is 24.4. The van der Waals surface area contributed by atoms with E-state index in [1.165, 1.54) is 47.9 Å². The Morgan fingerprint density at radius 2 is 0.507 bits per heavy atom. The number of ether oxygens (including phenoxy) is 12. The molecule has 26 nitrogen and oxygen atoms in total. The average molecular weight is 1810 g/mol. The molecule has 0 aromatic heterocycles. The van der Waals surface area contributed by atoms with Crippen LogP contribution in [0.3, 0.4) is 0 Å². The number of esters is 4. The van der Waals surface area contributed by atoms with E-state index >= 15 is 28.8 Å². The molecule has 2 aliphatic heterocycles. The van der Waals surface area contributed by atoms with E-state index in [0.717, 1.165) is 9.80 Å². The second-order valence-corrected chi connectivity index (χ2v) is 35.6. The van der Waals surface area contributed by atoms with Crippen molar-refractivity contribution in [2.75, 3.05) is 23.9 Å². The normalized spacial score (nSPS) is 19.7. The van der Waals surface area contributed by atoms with Gasteiger partial charge in [0.25, 0.3) is 23.6 Å². The van der Waals surface area contributed by atoms with Gasteiger partial charge in [-0.3, -0.25) is 38.6 Å². The first-order chi connectivity index (χ1) is 64.5. The highest BCUT2D eigenvalue weighted by Gasteiger charge is 2.47. The molecule has 11 aromatic rings. The molecule has 4 fully saturated rings. The third-order valence-corrected chi connectivity index (χ3v) is 25.6. The van der Waals surface area contributed by atoms with Crippen LogP contribution in [-0.2, 0) is 47.7 Å². The molecule has 4 aliphatic carbocycles. The highest BCUT2D eigenvalue weighted by molar-refractivity contribution is 6.45. The smallest absolute Gasteiger partial charge is 0.333 e. The largest absolute Gasteiger partial charge is 0.490 e. The minimum absolute atomic E-state index is 0.0573. The minimum Gasteiger partial charge on any atom is -0.490 e. The first-order valence-electron chi connectivity index (χ1n) is 45.5. The quantitative estimate of drug-likeness (QED) is 0.0101. The molecule has 0 radical (unpaired) electrons. The second kappa shape index (κ2) is 38.5. The van der Waals surface area contributed by atoms with Crippen molar-refractivity contribution in [2.45, 2.75) is 205 Å². The summed E-state index contributed by atoms with van der Waals surface area (Å²) in [7, 11) is 3.11. The zero-order valence-corrected chi connectivity index (χ0v) is 76.0. The van der Waals surface area contributed by atoms with Gasteiger partial charge in [0.1, 0.15) is 130 Å². The van der Waals surface area contributed by atoms with Gasteiger partial charge in [-0.2, -0.15) is 0 Å². The van der Waals surface area contributed by atoms with Crippen LogP contribution in [0.1, 0.15) is 186 Å². The lowest BCUT2D eigenvalue weighted by Gasteiger charge is -2.35. The van der Waals surface area contributed by atoms with Crippen molar-refractivity contribution >= 4 is 114 Å². The number of rotatable bonds is 30. The number of benzene rings is 11. The number of carbonyl (C=O) groups excluding carboxylic acids is 10. The van der Waals surface area contributed by atoms with Crippen LogP contribution in [0.15, 0.2) is 231 Å². The van der Waals surface area contributed by atoms with Gasteiger partial charge in [-0.15, -0.1) is 0 Å². The Morgan fingerprint density at radius 1 is 0.299 bits per heavy atom. The summed E-state index contributed by atoms with van der Waals surface area (Å²) in [5.74, 6) is -4.47. The zero-order valence-electron chi connectivity index (χ0n) is 76.0. The topological polar surface area (TPSA) is 294 Å². The first kappa shape index (κ1) is 91.1. The van der Waals surface area contributed by atoms with Crippen LogP contribution in [-0.4, -0.2) is 144 Å². The SMILES string of the molecule is C=C(C)C(=O)OC1CCCC(Oc2ccc(Oc3cc4c5c(cc(Oc6ccc(OC7CCCC(OC(=O)C(=C)C)C7)cc6)c6c7c(Oc8ccc(OC9CCCC(OC(=O)C(=C)C)C9)cc8)cc8c9c(cc(Oc%10ccc(OC%11CCCC(OC(=O)C(=C)C)C%11)cc%10)c(c3c56)c97)C(=O)N(C(C)C(=O)N(C)c3ccccc3)C8=O)C(=O)N(C(C)C(=O)N(C)c3ccccc3)C4=O)cc2)C1. The van der Waals surface area contributed by atoms with Crippen molar-refractivity contribution in [3.63, 3.8) is 0 Å². The second-order valence-electron chi connectivity index (χ2n) is 35.6. The first-order valence-corrected chi connectivity index (χ1v) is 45.5. The van der Waals surface area contributed by atoms with E-state index in [1.807, 2.05) is 0 Å². The molecule has 2 heterocycles. The van der Waals surface area contributed by atoms with Crippen LogP contribution < -0.4 is 47.7 Å². The summed E-state index contributed by atoms with van der Waals surface area (Å²) in [6.07, 6.45) is 6.66. The van der Waals surface area contributed by atoms with Gasteiger partial charge in [0.2, 0.25) is 11.8 Å². The number of amides is 6. The highest BCUT2D eigenvalue weighted by Crippen LogP contribution is 2.59. The Balaban J connectivity index is 0.907. The van der Waals surface area contributed by atoms with Gasteiger partial charge in [-0.25, -0.2) is 19.2 Å². The molecule has 6 amide bonds. The summed E-state index contributed by atoms with van der Waals surface area (Å²) < 4.78 is 79.4. The summed E-state index contributed by atoms with van der Waals surface area (Å²) in [4.78, 5) is 152. The number of para-hydroxylation sites is 2. The summed E-state index contributed by atoms with van der Waals surface area (Å²) in [5.41, 5.74) is 1.65. The fraction of sp³-hybridized carbons (Fsp3) is 0.315. The Labute approximate surface area is 775 Å². The Bertz CT molecular complexity index is 5820. The third kappa shape index (κ3) is 18.9. The van der Waals surface area contributed by atoms with Crippen LogP contribution in [0.4, 0.5) is 11.4 Å². The van der Waals surface area contributed by atoms with E-state index in [9.17, 15) is 19.2 Å². The predicted octanol–water partition coefficient (Wildman–Crippen LogP) is 21.4. The van der Waals surface area contributed by atoms with Crippen LogP contribution in [0, 0.1) is 0 Å². The van der Waals surface area contributed by atoms with Crippen molar-refractivity contribution in [2.24, 2.45) is 0 Å². The van der Waals surface area contributed by atoms with Gasteiger partial charge in [0.05, 0.1) is 22.3 Å². The van der Waals surface area contributed by atoms with E-state index < -0.39 is 95.8 Å². The molecule has 26 heteroatoms. The maximum absolute atomic E-state index is 16.6. The van der Waals surface area contributed by atoms with Crippen molar-refractivity contribution in [3.8, 4) is 69.0 Å². The fourth-order valence-electron chi connectivity index (χ4n) is 18.8. The highest BCUT2D eigenvalue weighted by atomic mass is 16.6. The van der Waals surface area contributed by atoms with Crippen molar-refractivity contribution < 1.29 is 105 Å². The molecule has 10 unspecified atom stereocenters. The molecule has 6 aliphatic rings. The molecule has 4 saturated carbocycles. The minimum atomic E-state index is -1.48. The lowest BCUT2D eigenvalue weighted by Crippen LogP contribution is -2.52. The van der Waals surface area contributed by atoms with Gasteiger partial charge >= 0.3 is 23.9 Å². The van der Waals surface area contributed by atoms with Crippen LogP contribution in [0.5, 0.6) is 69.0 Å². The Kier molecular flexibility index (Phi) is 26.2. The molecule has 17 rings (SSSR count). The van der Waals surface area contributed by atoms with Gasteiger partial charge in [0.15, 0.2) is 0 Å². The van der Waals surface area contributed by atoms with E-state index in [-0.39, 0.29) is 158 Å². The summed E-state index contributed by atoms with van der Waals surface area (Å²) in [5, 5.41) is 0.968. The number of likely N-dealkylation sites (N-methyl/N-ethyl adjacent to an activating group) is 2. The lowest BCUT2D eigenvalue weighted by molar-refractivity contribution is -0.148. The molecule has 134 heavy (non-hydrogen) atoms.